The van der Waals surface area contributed by atoms with Crippen LogP contribution in [0.4, 0.5) is 11.4 Å². The van der Waals surface area contributed by atoms with Crippen molar-refractivity contribution in [3.05, 3.63) is 36.4 Å². The van der Waals surface area contributed by atoms with Gasteiger partial charge in [-0.25, -0.2) is 8.42 Å². The third kappa shape index (κ3) is 3.50. The van der Waals surface area contributed by atoms with E-state index in [1.165, 1.54) is 18.2 Å². The molecule has 9 heteroatoms. The van der Waals surface area contributed by atoms with Gasteiger partial charge in [-0.2, -0.15) is 0 Å². The third-order valence-corrected chi connectivity index (χ3v) is 5.57. The van der Waals surface area contributed by atoms with Crippen molar-refractivity contribution in [2.75, 3.05) is 23.3 Å². The highest BCUT2D eigenvalue weighted by molar-refractivity contribution is 7.92. The first kappa shape index (κ1) is 17.5. The van der Waals surface area contributed by atoms with Crippen LogP contribution in [0.3, 0.4) is 0 Å². The zero-order valence-corrected chi connectivity index (χ0v) is 15.3. The topological polar surface area (TPSA) is 103 Å². The summed E-state index contributed by atoms with van der Waals surface area (Å²) < 4.78 is 44.5. The first-order valence-corrected chi connectivity index (χ1v) is 9.95. The second-order valence-corrected chi connectivity index (χ2v) is 7.91. The van der Waals surface area contributed by atoms with Crippen molar-refractivity contribution in [2.45, 2.75) is 24.3 Å². The van der Waals surface area contributed by atoms with Gasteiger partial charge < -0.3 is 19.5 Å². The number of carbonyl (C=O) groups is 1. The standard InChI is InChI=1S/C18H18N2O6S/c1-11-18(21)19-14-9-12(3-5-15(14)26-11)20-27(22,23)13-4-6-16-17(10-13)25-8-2-7-24-16/h3-6,9-11,20H,2,7-8H2,1H3,(H,19,21)/t11-/m1/s1. The summed E-state index contributed by atoms with van der Waals surface area (Å²) in [5.41, 5.74) is 0.719. The molecule has 0 bridgehead atoms. The summed E-state index contributed by atoms with van der Waals surface area (Å²) in [6.07, 6.45) is 0.137. The molecule has 0 aliphatic carbocycles. The number of anilines is 2. The Hall–Kier alpha value is -2.94. The summed E-state index contributed by atoms with van der Waals surface area (Å²) in [4.78, 5) is 11.8. The molecule has 142 valence electrons. The fourth-order valence-corrected chi connectivity index (χ4v) is 3.86. The fourth-order valence-electron chi connectivity index (χ4n) is 2.80. The van der Waals surface area contributed by atoms with Gasteiger partial charge >= 0.3 is 0 Å². The van der Waals surface area contributed by atoms with E-state index in [1.807, 2.05) is 0 Å². The molecule has 2 heterocycles. The average Bonchev–Trinajstić information content (AvgIpc) is 2.87. The molecule has 0 fully saturated rings. The number of nitrogens with one attached hydrogen (secondary N) is 2. The normalized spacial score (nSPS) is 18.6. The van der Waals surface area contributed by atoms with Gasteiger partial charge in [0, 0.05) is 12.5 Å². The highest BCUT2D eigenvalue weighted by Crippen LogP contribution is 2.35. The number of benzene rings is 2. The number of hydrogen-bond donors (Lipinski definition) is 2. The highest BCUT2D eigenvalue weighted by Gasteiger charge is 2.25. The predicted molar refractivity (Wildman–Crippen MR) is 98.0 cm³/mol. The molecule has 0 saturated carbocycles. The summed E-state index contributed by atoms with van der Waals surface area (Å²) in [6, 6.07) is 9.17. The Morgan fingerprint density at radius 3 is 2.59 bits per heavy atom. The van der Waals surface area contributed by atoms with Gasteiger partial charge in [0.05, 0.1) is 29.5 Å². The van der Waals surface area contributed by atoms with Crippen LogP contribution < -0.4 is 24.2 Å². The molecule has 0 aromatic heterocycles. The summed E-state index contributed by atoms with van der Waals surface area (Å²) >= 11 is 0. The number of rotatable bonds is 3. The molecule has 2 aromatic rings. The van der Waals surface area contributed by atoms with E-state index in [9.17, 15) is 13.2 Å². The van der Waals surface area contributed by atoms with E-state index < -0.39 is 16.1 Å². The van der Waals surface area contributed by atoms with Gasteiger partial charge in [0.25, 0.3) is 15.9 Å². The van der Waals surface area contributed by atoms with Gasteiger partial charge in [-0.3, -0.25) is 9.52 Å². The van der Waals surface area contributed by atoms with Crippen LogP contribution in [0.2, 0.25) is 0 Å². The van der Waals surface area contributed by atoms with Gasteiger partial charge in [0.15, 0.2) is 17.6 Å². The molecular formula is C18H18N2O6S. The maximum Gasteiger partial charge on any atom is 0.265 e. The molecule has 1 amide bonds. The van der Waals surface area contributed by atoms with Crippen molar-refractivity contribution < 1.29 is 27.4 Å². The van der Waals surface area contributed by atoms with Crippen molar-refractivity contribution in [1.82, 2.24) is 0 Å². The van der Waals surface area contributed by atoms with Crippen LogP contribution in [0.1, 0.15) is 13.3 Å². The smallest absolute Gasteiger partial charge is 0.265 e. The van der Waals surface area contributed by atoms with Crippen molar-refractivity contribution in [3.8, 4) is 17.2 Å². The van der Waals surface area contributed by atoms with Gasteiger partial charge in [-0.1, -0.05) is 0 Å². The molecular weight excluding hydrogens is 372 g/mol. The second kappa shape index (κ2) is 6.66. The van der Waals surface area contributed by atoms with Crippen molar-refractivity contribution in [1.29, 1.82) is 0 Å². The molecule has 0 saturated heterocycles. The molecule has 0 spiro atoms. The molecule has 0 radical (unpaired) electrons. The monoisotopic (exact) mass is 390 g/mol. The van der Waals surface area contributed by atoms with Crippen molar-refractivity contribution in [2.24, 2.45) is 0 Å². The Labute approximate surface area is 156 Å². The molecule has 2 aliphatic rings. The van der Waals surface area contributed by atoms with Gasteiger partial charge in [0.1, 0.15) is 5.75 Å². The number of sulfonamides is 1. The Balaban J connectivity index is 1.60. The van der Waals surface area contributed by atoms with Crippen LogP contribution in [-0.2, 0) is 14.8 Å². The first-order chi connectivity index (χ1) is 12.9. The summed E-state index contributed by atoms with van der Waals surface area (Å²) in [5.74, 6) is 1.12. The lowest BCUT2D eigenvalue weighted by molar-refractivity contribution is -0.122. The minimum absolute atomic E-state index is 0.0541. The molecule has 1 atom stereocenters. The average molecular weight is 390 g/mol. The lowest BCUT2D eigenvalue weighted by Crippen LogP contribution is -2.34. The van der Waals surface area contributed by atoms with E-state index in [1.54, 1.807) is 25.1 Å². The van der Waals surface area contributed by atoms with Crippen LogP contribution in [0.15, 0.2) is 41.3 Å². The third-order valence-electron chi connectivity index (χ3n) is 4.19. The molecule has 2 aliphatic heterocycles. The minimum Gasteiger partial charge on any atom is -0.490 e. The van der Waals surface area contributed by atoms with Gasteiger partial charge in [-0.15, -0.1) is 0 Å². The summed E-state index contributed by atoms with van der Waals surface area (Å²) in [6.45, 7) is 2.63. The zero-order valence-electron chi connectivity index (χ0n) is 14.5. The minimum atomic E-state index is -3.85. The molecule has 4 rings (SSSR count). The van der Waals surface area contributed by atoms with Gasteiger partial charge in [-0.05, 0) is 37.3 Å². The van der Waals surface area contributed by atoms with Crippen LogP contribution in [-0.4, -0.2) is 33.6 Å². The van der Waals surface area contributed by atoms with Crippen molar-refractivity contribution in [3.63, 3.8) is 0 Å². The SMILES string of the molecule is C[C@H]1Oc2ccc(NS(=O)(=O)c3ccc4c(c3)OCCCO4)cc2NC1=O. The van der Waals surface area contributed by atoms with Crippen LogP contribution in [0.25, 0.3) is 0 Å². The van der Waals surface area contributed by atoms with Crippen molar-refractivity contribution >= 4 is 27.3 Å². The Morgan fingerprint density at radius 2 is 1.78 bits per heavy atom. The number of ether oxygens (including phenoxy) is 3. The Bertz CT molecular complexity index is 1000. The Kier molecular flexibility index (Phi) is 4.31. The summed E-state index contributed by atoms with van der Waals surface area (Å²) in [5, 5.41) is 2.69. The largest absolute Gasteiger partial charge is 0.490 e. The van der Waals surface area contributed by atoms with E-state index in [4.69, 9.17) is 14.2 Å². The maximum absolute atomic E-state index is 12.7. The first-order valence-electron chi connectivity index (χ1n) is 8.46. The zero-order chi connectivity index (χ0) is 19.0. The fraction of sp³-hybridized carbons (Fsp3) is 0.278. The van der Waals surface area contributed by atoms with E-state index in [0.717, 1.165) is 6.42 Å². The lowest BCUT2D eigenvalue weighted by Gasteiger charge is -2.23. The number of amides is 1. The molecule has 27 heavy (non-hydrogen) atoms. The van der Waals surface area contributed by atoms with E-state index in [-0.39, 0.29) is 10.8 Å². The molecule has 0 unspecified atom stereocenters. The van der Waals surface area contributed by atoms with Crippen LogP contribution in [0, 0.1) is 0 Å². The highest BCUT2D eigenvalue weighted by atomic mass is 32.2. The molecule has 2 aromatic carbocycles. The van der Waals surface area contributed by atoms with Crippen LogP contribution in [0.5, 0.6) is 17.2 Å². The lowest BCUT2D eigenvalue weighted by atomic mass is 10.2. The quantitative estimate of drug-likeness (QED) is 0.834. The molecule has 8 nitrogen and oxygen atoms in total. The van der Waals surface area contributed by atoms with E-state index in [0.29, 0.717) is 41.8 Å². The number of hydrogen-bond acceptors (Lipinski definition) is 6. The summed E-state index contributed by atoms with van der Waals surface area (Å²) in [7, 11) is -3.85. The second-order valence-electron chi connectivity index (χ2n) is 6.22. The van der Waals surface area contributed by atoms with E-state index in [2.05, 4.69) is 10.0 Å². The predicted octanol–water partition coefficient (Wildman–Crippen LogP) is 2.37. The van der Waals surface area contributed by atoms with E-state index >= 15 is 0 Å². The van der Waals surface area contributed by atoms with Crippen LogP contribution >= 0.6 is 0 Å². The van der Waals surface area contributed by atoms with Gasteiger partial charge in [0.2, 0.25) is 0 Å². The maximum atomic E-state index is 12.7. The number of fused-ring (bicyclic) bond motifs is 2. The Morgan fingerprint density at radius 1 is 1.04 bits per heavy atom. The number of carbonyl (C=O) groups excluding carboxylic acids is 1. The molecule has 2 N–H and O–H groups in total.